The molecule has 1 aliphatic heterocycles. The van der Waals surface area contributed by atoms with Crippen molar-refractivity contribution in [3.05, 3.63) is 133 Å². The first kappa shape index (κ1) is 20.3. The maximum Gasteiger partial charge on any atom is 0.141 e. The molecule has 0 radical (unpaired) electrons. The molecule has 8 rings (SSSR count). The van der Waals surface area contributed by atoms with Crippen molar-refractivity contribution in [2.45, 2.75) is 6.04 Å². The molecule has 174 valence electrons. The Morgan fingerprint density at radius 1 is 0.568 bits per heavy atom. The van der Waals surface area contributed by atoms with Crippen molar-refractivity contribution in [3.8, 4) is 0 Å². The first-order chi connectivity index (χ1) is 18.4. The molecule has 0 saturated carbocycles. The first-order valence-electron chi connectivity index (χ1n) is 12.7. The number of nitrogens with one attached hydrogen (secondary N) is 1. The summed E-state index contributed by atoms with van der Waals surface area (Å²) >= 11 is 0. The van der Waals surface area contributed by atoms with Crippen LogP contribution in [0.5, 0.6) is 0 Å². The van der Waals surface area contributed by atoms with Crippen LogP contribution in [0.15, 0.2) is 132 Å². The SMILES string of the molecule is c1ccc(C2Nc3ccccc3N=C2n2c3ccc4ccccc4c3c3ccc4ccccc4c32)cc1. The summed E-state index contributed by atoms with van der Waals surface area (Å²) in [4.78, 5) is 5.35. The molecule has 37 heavy (non-hydrogen) atoms. The second kappa shape index (κ2) is 7.81. The first-order valence-corrected chi connectivity index (χ1v) is 12.7. The highest BCUT2D eigenvalue weighted by Gasteiger charge is 2.29. The Bertz CT molecular complexity index is 2010. The summed E-state index contributed by atoms with van der Waals surface area (Å²) in [6.45, 7) is 0. The quantitative estimate of drug-likeness (QED) is 0.253. The Hall–Kier alpha value is -4.89. The van der Waals surface area contributed by atoms with Gasteiger partial charge in [-0.1, -0.05) is 109 Å². The van der Waals surface area contributed by atoms with E-state index in [1.165, 1.54) is 48.9 Å². The topological polar surface area (TPSA) is 29.3 Å². The average Bonchev–Trinajstić information content (AvgIpc) is 3.32. The van der Waals surface area contributed by atoms with E-state index in [1.54, 1.807) is 0 Å². The maximum absolute atomic E-state index is 5.35. The van der Waals surface area contributed by atoms with Gasteiger partial charge in [0.25, 0.3) is 0 Å². The molecule has 7 aromatic rings. The van der Waals surface area contributed by atoms with E-state index in [-0.39, 0.29) is 6.04 Å². The highest BCUT2D eigenvalue weighted by Crippen LogP contribution is 2.42. The number of hydrogen-bond donors (Lipinski definition) is 1. The standard InChI is InChI=1S/C34H23N3/c1-2-12-24(13-3-1)32-34(36-29-17-9-8-16-28(29)35-32)37-30-21-19-22-10-4-6-14-25(22)31(30)27-20-18-23-11-5-7-15-26(23)33(27)37/h1-21,32,35H. The summed E-state index contributed by atoms with van der Waals surface area (Å²) in [5.41, 5.74) is 5.57. The van der Waals surface area contributed by atoms with Crippen LogP contribution in [-0.2, 0) is 0 Å². The number of aliphatic imine (C=N–C) groups is 1. The molecule has 6 aromatic carbocycles. The van der Waals surface area contributed by atoms with Gasteiger partial charge in [0.2, 0.25) is 0 Å². The third-order valence-corrected chi connectivity index (χ3v) is 7.60. The minimum absolute atomic E-state index is 0.0969. The van der Waals surface area contributed by atoms with Gasteiger partial charge in [0.15, 0.2) is 0 Å². The van der Waals surface area contributed by atoms with E-state index >= 15 is 0 Å². The summed E-state index contributed by atoms with van der Waals surface area (Å²) in [6.07, 6.45) is 0. The van der Waals surface area contributed by atoms with Gasteiger partial charge in [0.05, 0.1) is 22.4 Å². The molecular weight excluding hydrogens is 450 g/mol. The van der Waals surface area contributed by atoms with Crippen LogP contribution < -0.4 is 5.32 Å². The normalized spacial score (nSPS) is 15.1. The van der Waals surface area contributed by atoms with Crippen LogP contribution in [0.2, 0.25) is 0 Å². The highest BCUT2D eigenvalue weighted by atomic mass is 15.2. The van der Waals surface area contributed by atoms with Crippen LogP contribution in [0.1, 0.15) is 11.6 Å². The zero-order valence-corrected chi connectivity index (χ0v) is 20.1. The highest BCUT2D eigenvalue weighted by molar-refractivity contribution is 6.28. The smallest absolute Gasteiger partial charge is 0.141 e. The number of aromatic nitrogens is 1. The Kier molecular flexibility index (Phi) is 4.29. The molecule has 0 aliphatic carbocycles. The van der Waals surface area contributed by atoms with Crippen molar-refractivity contribution in [2.75, 3.05) is 5.32 Å². The van der Waals surface area contributed by atoms with Gasteiger partial charge in [0.1, 0.15) is 11.9 Å². The number of benzene rings is 6. The molecule has 0 bridgehead atoms. The predicted octanol–water partition coefficient (Wildman–Crippen LogP) is 8.85. The second-order valence-corrected chi connectivity index (χ2v) is 9.67. The van der Waals surface area contributed by atoms with Crippen LogP contribution in [0.4, 0.5) is 11.4 Å². The average molecular weight is 474 g/mol. The molecular formula is C34H23N3. The Labute approximate surface area is 214 Å². The lowest BCUT2D eigenvalue weighted by atomic mass is 10.0. The summed E-state index contributed by atoms with van der Waals surface area (Å²) in [6, 6.07) is 45.2. The fourth-order valence-electron chi connectivity index (χ4n) is 5.94. The molecule has 1 unspecified atom stereocenters. The third-order valence-electron chi connectivity index (χ3n) is 7.60. The Balaban J connectivity index is 1.57. The molecule has 1 aliphatic rings. The van der Waals surface area contributed by atoms with Gasteiger partial charge in [-0.05, 0) is 39.9 Å². The summed E-state index contributed by atoms with van der Waals surface area (Å²) in [5.74, 6) is 0.983. The lowest BCUT2D eigenvalue weighted by Crippen LogP contribution is -2.29. The van der Waals surface area contributed by atoms with Crippen LogP contribution >= 0.6 is 0 Å². The number of anilines is 1. The van der Waals surface area contributed by atoms with E-state index in [0.29, 0.717) is 0 Å². The fraction of sp³-hybridized carbons (Fsp3) is 0.0294. The monoisotopic (exact) mass is 473 g/mol. The minimum atomic E-state index is -0.0969. The number of rotatable bonds is 1. The van der Waals surface area contributed by atoms with Crippen LogP contribution in [0.3, 0.4) is 0 Å². The van der Waals surface area contributed by atoms with Crippen molar-refractivity contribution in [1.82, 2.24) is 4.57 Å². The summed E-state index contributed by atoms with van der Waals surface area (Å²) in [5, 5.41) is 11.3. The molecule has 1 N–H and O–H groups in total. The van der Waals surface area contributed by atoms with E-state index in [2.05, 4.69) is 137 Å². The minimum Gasteiger partial charge on any atom is -0.370 e. The largest absolute Gasteiger partial charge is 0.370 e. The molecule has 0 saturated heterocycles. The number of fused-ring (bicyclic) bond motifs is 8. The van der Waals surface area contributed by atoms with Gasteiger partial charge in [-0.3, -0.25) is 4.57 Å². The van der Waals surface area contributed by atoms with Gasteiger partial charge < -0.3 is 5.32 Å². The van der Waals surface area contributed by atoms with Gasteiger partial charge in [0, 0.05) is 16.2 Å². The van der Waals surface area contributed by atoms with E-state index in [4.69, 9.17) is 4.99 Å². The lowest BCUT2D eigenvalue weighted by Gasteiger charge is -2.29. The zero-order valence-electron chi connectivity index (χ0n) is 20.1. The molecule has 3 nitrogen and oxygen atoms in total. The molecule has 0 amide bonds. The van der Waals surface area contributed by atoms with Crippen molar-refractivity contribution in [1.29, 1.82) is 0 Å². The maximum atomic E-state index is 5.35. The van der Waals surface area contributed by atoms with Crippen molar-refractivity contribution >= 4 is 60.6 Å². The van der Waals surface area contributed by atoms with Gasteiger partial charge in [-0.2, -0.15) is 0 Å². The summed E-state index contributed by atoms with van der Waals surface area (Å²) in [7, 11) is 0. The third kappa shape index (κ3) is 2.98. The molecule has 2 heterocycles. The number of hydrogen-bond acceptors (Lipinski definition) is 2. The van der Waals surface area contributed by atoms with Gasteiger partial charge >= 0.3 is 0 Å². The molecule has 0 spiro atoms. The van der Waals surface area contributed by atoms with E-state index in [0.717, 1.165) is 17.2 Å². The van der Waals surface area contributed by atoms with Crippen molar-refractivity contribution < 1.29 is 0 Å². The number of nitrogens with zero attached hydrogens (tertiary/aromatic N) is 2. The fourth-order valence-corrected chi connectivity index (χ4v) is 5.94. The van der Waals surface area contributed by atoms with E-state index in [9.17, 15) is 0 Å². The van der Waals surface area contributed by atoms with Crippen LogP contribution in [-0.4, -0.2) is 10.4 Å². The van der Waals surface area contributed by atoms with Crippen LogP contribution in [0, 0.1) is 0 Å². The lowest BCUT2D eigenvalue weighted by molar-refractivity contribution is 0.963. The van der Waals surface area contributed by atoms with Crippen LogP contribution in [0.25, 0.3) is 43.4 Å². The second-order valence-electron chi connectivity index (χ2n) is 9.67. The van der Waals surface area contributed by atoms with E-state index in [1.807, 2.05) is 0 Å². The Morgan fingerprint density at radius 2 is 1.24 bits per heavy atom. The van der Waals surface area contributed by atoms with Gasteiger partial charge in [-0.15, -0.1) is 0 Å². The summed E-state index contributed by atoms with van der Waals surface area (Å²) < 4.78 is 2.40. The molecule has 3 heteroatoms. The van der Waals surface area contributed by atoms with Crippen molar-refractivity contribution in [3.63, 3.8) is 0 Å². The predicted molar refractivity (Wildman–Crippen MR) is 156 cm³/mol. The van der Waals surface area contributed by atoms with Gasteiger partial charge in [-0.25, -0.2) is 4.99 Å². The zero-order chi connectivity index (χ0) is 24.3. The molecule has 0 fully saturated rings. The molecule has 1 atom stereocenters. The Morgan fingerprint density at radius 3 is 2.11 bits per heavy atom. The van der Waals surface area contributed by atoms with E-state index < -0.39 is 0 Å². The molecule has 1 aromatic heterocycles. The number of para-hydroxylation sites is 2. The van der Waals surface area contributed by atoms with Crippen molar-refractivity contribution in [2.24, 2.45) is 4.99 Å².